The van der Waals surface area contributed by atoms with Gasteiger partial charge in [-0.05, 0) is 36.2 Å². The van der Waals surface area contributed by atoms with Crippen LogP contribution in [0.15, 0.2) is 59.4 Å². The van der Waals surface area contributed by atoms with Crippen LogP contribution in [0.3, 0.4) is 0 Å². The monoisotopic (exact) mass is 350 g/mol. The fourth-order valence-electron chi connectivity index (χ4n) is 2.84. The molecule has 4 rings (SSSR count). The van der Waals surface area contributed by atoms with Gasteiger partial charge in [-0.3, -0.25) is 4.79 Å². The van der Waals surface area contributed by atoms with Gasteiger partial charge in [0, 0.05) is 11.3 Å². The fourth-order valence-corrected chi connectivity index (χ4v) is 3.84. The third kappa shape index (κ3) is 3.23. The summed E-state index contributed by atoms with van der Waals surface area (Å²) in [5.74, 6) is 0.368. The summed E-state index contributed by atoms with van der Waals surface area (Å²) >= 11 is 1.37. The highest BCUT2D eigenvalue weighted by Crippen LogP contribution is 2.31. The molecular formula is C20H15FN2OS. The van der Waals surface area contributed by atoms with E-state index in [0.717, 1.165) is 16.0 Å². The average molecular weight is 350 g/mol. The molecule has 124 valence electrons. The average Bonchev–Trinajstić information content (AvgIpc) is 3.00. The third-order valence-corrected chi connectivity index (χ3v) is 5.19. The van der Waals surface area contributed by atoms with E-state index in [0.29, 0.717) is 22.5 Å². The summed E-state index contributed by atoms with van der Waals surface area (Å²) < 4.78 is 13.7. The molecule has 2 aromatic carbocycles. The molecule has 0 aliphatic rings. The predicted molar refractivity (Wildman–Crippen MR) is 99.6 cm³/mol. The van der Waals surface area contributed by atoms with Gasteiger partial charge in [-0.2, -0.15) is 0 Å². The van der Waals surface area contributed by atoms with Crippen molar-refractivity contribution in [2.75, 3.05) is 0 Å². The number of aromatic nitrogens is 2. The number of halogens is 1. The van der Waals surface area contributed by atoms with E-state index in [-0.39, 0.29) is 11.4 Å². The standard InChI is InChI=1S/C20H15FN2OS/c1-12-3-2-4-13(9-12)10-18-22-16-11-17(25-19(16)20(24)23-18)14-5-7-15(21)8-6-14/h2-9,11H,10H2,1H3,(H,22,23,24). The molecule has 0 saturated carbocycles. The lowest BCUT2D eigenvalue weighted by Crippen LogP contribution is -2.10. The van der Waals surface area contributed by atoms with Crippen LogP contribution in [0.4, 0.5) is 4.39 Å². The van der Waals surface area contributed by atoms with E-state index in [9.17, 15) is 9.18 Å². The van der Waals surface area contributed by atoms with Crippen LogP contribution < -0.4 is 5.56 Å². The number of benzene rings is 2. The summed E-state index contributed by atoms with van der Waals surface area (Å²) in [7, 11) is 0. The quantitative estimate of drug-likeness (QED) is 0.583. The van der Waals surface area contributed by atoms with Crippen LogP contribution >= 0.6 is 11.3 Å². The van der Waals surface area contributed by atoms with Crippen molar-refractivity contribution in [2.24, 2.45) is 0 Å². The van der Waals surface area contributed by atoms with E-state index in [1.807, 2.05) is 31.2 Å². The van der Waals surface area contributed by atoms with Crippen molar-refractivity contribution in [3.05, 3.63) is 87.7 Å². The molecule has 1 N–H and O–H groups in total. The minimum atomic E-state index is -0.277. The van der Waals surface area contributed by atoms with Gasteiger partial charge in [0.15, 0.2) is 0 Å². The van der Waals surface area contributed by atoms with Gasteiger partial charge in [0.25, 0.3) is 5.56 Å². The number of thiophene rings is 1. The zero-order chi connectivity index (χ0) is 17.4. The van der Waals surface area contributed by atoms with Crippen molar-refractivity contribution < 1.29 is 4.39 Å². The number of rotatable bonds is 3. The maximum Gasteiger partial charge on any atom is 0.268 e. The Morgan fingerprint density at radius 3 is 2.68 bits per heavy atom. The van der Waals surface area contributed by atoms with Crippen molar-refractivity contribution in [2.45, 2.75) is 13.3 Å². The molecule has 0 radical (unpaired) electrons. The first-order valence-corrected chi connectivity index (χ1v) is 8.74. The van der Waals surface area contributed by atoms with Crippen LogP contribution in [-0.2, 0) is 6.42 Å². The number of hydrogen-bond donors (Lipinski definition) is 1. The zero-order valence-electron chi connectivity index (χ0n) is 13.5. The van der Waals surface area contributed by atoms with Crippen molar-refractivity contribution in [1.82, 2.24) is 9.97 Å². The molecular weight excluding hydrogens is 335 g/mol. The molecule has 0 fully saturated rings. The second-order valence-electron chi connectivity index (χ2n) is 6.01. The molecule has 0 bridgehead atoms. The van der Waals surface area contributed by atoms with Crippen molar-refractivity contribution in [1.29, 1.82) is 0 Å². The molecule has 2 heterocycles. The Labute approximate surface area is 147 Å². The largest absolute Gasteiger partial charge is 0.309 e. The summed E-state index contributed by atoms with van der Waals surface area (Å²) in [5, 5.41) is 0. The number of fused-ring (bicyclic) bond motifs is 1. The van der Waals surface area contributed by atoms with Gasteiger partial charge in [0.05, 0.1) is 5.52 Å². The fraction of sp³-hybridized carbons (Fsp3) is 0.100. The van der Waals surface area contributed by atoms with Crippen LogP contribution in [0.1, 0.15) is 17.0 Å². The van der Waals surface area contributed by atoms with E-state index in [4.69, 9.17) is 0 Å². The Morgan fingerprint density at radius 2 is 1.92 bits per heavy atom. The molecule has 4 aromatic rings. The molecule has 25 heavy (non-hydrogen) atoms. The summed E-state index contributed by atoms with van der Waals surface area (Å²) in [6.07, 6.45) is 0.578. The van der Waals surface area contributed by atoms with Crippen LogP contribution in [0.5, 0.6) is 0 Å². The smallest absolute Gasteiger partial charge is 0.268 e. The van der Waals surface area contributed by atoms with Crippen molar-refractivity contribution in [3.63, 3.8) is 0 Å². The Morgan fingerprint density at radius 1 is 1.12 bits per heavy atom. The Bertz CT molecular complexity index is 1110. The van der Waals surface area contributed by atoms with E-state index in [1.54, 1.807) is 12.1 Å². The summed E-state index contributed by atoms with van der Waals surface area (Å²) in [6.45, 7) is 2.04. The molecule has 5 heteroatoms. The maximum atomic E-state index is 13.1. The summed E-state index contributed by atoms with van der Waals surface area (Å²) in [5.41, 5.74) is 3.71. The van der Waals surface area contributed by atoms with Gasteiger partial charge in [0.1, 0.15) is 16.3 Å². The minimum Gasteiger partial charge on any atom is -0.309 e. The molecule has 0 unspecified atom stereocenters. The third-order valence-electron chi connectivity index (χ3n) is 4.01. The lowest BCUT2D eigenvalue weighted by atomic mass is 10.1. The van der Waals surface area contributed by atoms with E-state index in [1.165, 1.54) is 29.0 Å². The highest BCUT2D eigenvalue weighted by Gasteiger charge is 2.11. The molecule has 0 amide bonds. The topological polar surface area (TPSA) is 45.8 Å². The minimum absolute atomic E-state index is 0.133. The summed E-state index contributed by atoms with van der Waals surface area (Å²) in [4.78, 5) is 20.8. The predicted octanol–water partition coefficient (Wildman–Crippen LogP) is 4.69. The second kappa shape index (κ2) is 6.26. The number of nitrogens with zero attached hydrogens (tertiary/aromatic N) is 1. The zero-order valence-corrected chi connectivity index (χ0v) is 14.4. The maximum absolute atomic E-state index is 13.1. The van der Waals surface area contributed by atoms with E-state index in [2.05, 4.69) is 16.0 Å². The Hall–Kier alpha value is -2.79. The highest BCUT2D eigenvalue weighted by molar-refractivity contribution is 7.22. The number of aromatic amines is 1. The van der Waals surface area contributed by atoms with Gasteiger partial charge < -0.3 is 4.98 Å². The molecule has 0 aliphatic heterocycles. The Balaban J connectivity index is 1.74. The molecule has 3 nitrogen and oxygen atoms in total. The molecule has 0 spiro atoms. The van der Waals surface area contributed by atoms with Crippen LogP contribution in [0.2, 0.25) is 0 Å². The van der Waals surface area contributed by atoms with Gasteiger partial charge in [0.2, 0.25) is 0 Å². The SMILES string of the molecule is Cc1cccc(Cc2nc3cc(-c4ccc(F)cc4)sc3c(=O)[nH]2)c1. The number of hydrogen-bond acceptors (Lipinski definition) is 3. The van der Waals surface area contributed by atoms with Crippen molar-refractivity contribution in [3.8, 4) is 10.4 Å². The number of nitrogens with one attached hydrogen (secondary N) is 1. The van der Waals surface area contributed by atoms with Crippen molar-refractivity contribution >= 4 is 21.6 Å². The molecule has 2 aromatic heterocycles. The van der Waals surface area contributed by atoms with Crippen LogP contribution in [0.25, 0.3) is 20.7 Å². The lowest BCUT2D eigenvalue weighted by molar-refractivity contribution is 0.628. The highest BCUT2D eigenvalue weighted by atomic mass is 32.1. The molecule has 0 atom stereocenters. The molecule has 0 saturated heterocycles. The first kappa shape index (κ1) is 15.7. The normalized spacial score (nSPS) is 11.1. The first-order valence-electron chi connectivity index (χ1n) is 7.93. The van der Waals surface area contributed by atoms with E-state index < -0.39 is 0 Å². The number of aryl methyl sites for hydroxylation is 1. The Kier molecular flexibility index (Phi) is 3.93. The van der Waals surface area contributed by atoms with Crippen LogP contribution in [-0.4, -0.2) is 9.97 Å². The van der Waals surface area contributed by atoms with Gasteiger partial charge in [-0.25, -0.2) is 9.37 Å². The van der Waals surface area contributed by atoms with Crippen LogP contribution in [0, 0.1) is 12.7 Å². The van der Waals surface area contributed by atoms with E-state index >= 15 is 0 Å². The van der Waals surface area contributed by atoms with Gasteiger partial charge >= 0.3 is 0 Å². The molecule has 0 aliphatic carbocycles. The van der Waals surface area contributed by atoms with Gasteiger partial charge in [-0.1, -0.05) is 42.0 Å². The summed E-state index contributed by atoms with van der Waals surface area (Å²) in [6, 6.07) is 16.3. The second-order valence-corrected chi connectivity index (χ2v) is 7.06. The van der Waals surface area contributed by atoms with Gasteiger partial charge in [-0.15, -0.1) is 11.3 Å². The lowest BCUT2D eigenvalue weighted by Gasteiger charge is -2.02. The number of H-pyrrole nitrogens is 1. The first-order chi connectivity index (χ1) is 12.1.